The molecule has 1 aliphatic rings. The lowest BCUT2D eigenvalue weighted by atomic mass is 10.1. The molecule has 6 nitrogen and oxygen atoms in total. The molecule has 106 valence electrons. The summed E-state index contributed by atoms with van der Waals surface area (Å²) in [6.07, 6.45) is 1.56. The number of halogens is 1. The van der Waals surface area contributed by atoms with Gasteiger partial charge in [0.2, 0.25) is 0 Å². The average Bonchev–Trinajstić information content (AvgIpc) is 2.68. The summed E-state index contributed by atoms with van der Waals surface area (Å²) in [5.74, 6) is 0.676. The molecule has 1 aromatic carbocycles. The van der Waals surface area contributed by atoms with Crippen LogP contribution in [0.3, 0.4) is 0 Å². The molecule has 0 aliphatic carbocycles. The number of hydrogen-bond acceptors (Lipinski definition) is 4. The predicted molar refractivity (Wildman–Crippen MR) is 76.5 cm³/mol. The topological polar surface area (TPSA) is 76.7 Å². The number of imide groups is 1. The quantitative estimate of drug-likeness (QED) is 0.649. The minimum absolute atomic E-state index is 0.189. The molecule has 0 saturated carbocycles. The van der Waals surface area contributed by atoms with E-state index >= 15 is 0 Å². The van der Waals surface area contributed by atoms with Gasteiger partial charge >= 0.3 is 6.03 Å². The SMILES string of the molecule is CCOc1cc(/C=C2/NC(=O)NC2=O)cc(Br)c1OC. The molecule has 0 aromatic heterocycles. The van der Waals surface area contributed by atoms with Crippen LogP contribution >= 0.6 is 15.9 Å². The molecule has 2 rings (SSSR count). The first-order chi connectivity index (χ1) is 9.55. The Balaban J connectivity index is 2.40. The molecule has 1 saturated heterocycles. The number of amides is 3. The van der Waals surface area contributed by atoms with E-state index in [2.05, 4.69) is 26.6 Å². The fraction of sp³-hybridized carbons (Fsp3) is 0.231. The van der Waals surface area contributed by atoms with Crippen LogP contribution in [-0.4, -0.2) is 25.7 Å². The molecule has 1 aliphatic heterocycles. The molecule has 1 aromatic rings. The van der Waals surface area contributed by atoms with Gasteiger partial charge in [0, 0.05) is 0 Å². The minimum Gasteiger partial charge on any atom is -0.492 e. The number of urea groups is 1. The maximum Gasteiger partial charge on any atom is 0.326 e. The molecule has 2 N–H and O–H groups in total. The highest BCUT2D eigenvalue weighted by molar-refractivity contribution is 9.10. The lowest BCUT2D eigenvalue weighted by molar-refractivity contribution is -0.115. The molecule has 7 heteroatoms. The van der Waals surface area contributed by atoms with Gasteiger partial charge in [0.05, 0.1) is 18.2 Å². The van der Waals surface area contributed by atoms with Gasteiger partial charge in [-0.1, -0.05) is 0 Å². The van der Waals surface area contributed by atoms with Crippen LogP contribution in [-0.2, 0) is 4.79 Å². The Bertz CT molecular complexity index is 598. The summed E-state index contributed by atoms with van der Waals surface area (Å²) < 4.78 is 11.4. The van der Waals surface area contributed by atoms with Crippen molar-refractivity contribution in [3.05, 3.63) is 27.9 Å². The zero-order valence-electron chi connectivity index (χ0n) is 11.0. The summed E-state index contributed by atoms with van der Waals surface area (Å²) in [4.78, 5) is 22.5. The van der Waals surface area contributed by atoms with E-state index in [4.69, 9.17) is 9.47 Å². The van der Waals surface area contributed by atoms with Gasteiger partial charge < -0.3 is 14.8 Å². The Morgan fingerprint density at radius 2 is 2.05 bits per heavy atom. The van der Waals surface area contributed by atoms with Gasteiger partial charge in [0.15, 0.2) is 11.5 Å². The van der Waals surface area contributed by atoms with E-state index in [1.807, 2.05) is 6.92 Å². The van der Waals surface area contributed by atoms with E-state index in [9.17, 15) is 9.59 Å². The van der Waals surface area contributed by atoms with Crippen molar-refractivity contribution < 1.29 is 19.1 Å². The van der Waals surface area contributed by atoms with Crippen LogP contribution in [0.25, 0.3) is 6.08 Å². The van der Waals surface area contributed by atoms with Crippen molar-refractivity contribution in [1.82, 2.24) is 10.6 Å². The van der Waals surface area contributed by atoms with Crippen molar-refractivity contribution in [1.29, 1.82) is 0 Å². The Labute approximate surface area is 124 Å². The normalized spacial score (nSPS) is 16.1. The number of rotatable bonds is 4. The van der Waals surface area contributed by atoms with E-state index < -0.39 is 11.9 Å². The summed E-state index contributed by atoms with van der Waals surface area (Å²) in [6.45, 7) is 2.35. The molecule has 20 heavy (non-hydrogen) atoms. The second-order valence-corrected chi connectivity index (χ2v) is 4.79. The van der Waals surface area contributed by atoms with Crippen LogP contribution in [0, 0.1) is 0 Å². The van der Waals surface area contributed by atoms with Crippen molar-refractivity contribution in [3.63, 3.8) is 0 Å². The zero-order chi connectivity index (χ0) is 14.7. The molecular formula is C13H13BrN2O4. The van der Waals surface area contributed by atoms with E-state index in [1.54, 1.807) is 25.3 Å². The first kappa shape index (κ1) is 14.4. The van der Waals surface area contributed by atoms with E-state index in [0.29, 0.717) is 28.1 Å². The van der Waals surface area contributed by atoms with Gasteiger partial charge in [-0.2, -0.15) is 0 Å². The summed E-state index contributed by atoms with van der Waals surface area (Å²) in [5, 5.41) is 4.56. The molecule has 0 radical (unpaired) electrons. The van der Waals surface area contributed by atoms with Gasteiger partial charge in [-0.25, -0.2) is 4.79 Å². The maximum atomic E-state index is 11.5. The number of methoxy groups -OCH3 is 1. The fourth-order valence-corrected chi connectivity index (χ4v) is 2.40. The van der Waals surface area contributed by atoms with Crippen molar-refractivity contribution in [2.45, 2.75) is 6.92 Å². The number of carbonyl (C=O) groups is 2. The predicted octanol–water partition coefficient (Wildman–Crippen LogP) is 2.04. The van der Waals surface area contributed by atoms with Gasteiger partial charge in [0.1, 0.15) is 5.70 Å². The summed E-state index contributed by atoms with van der Waals surface area (Å²) in [5.41, 5.74) is 0.892. The lowest BCUT2D eigenvalue weighted by Gasteiger charge is -2.12. The fourth-order valence-electron chi connectivity index (χ4n) is 1.78. The van der Waals surface area contributed by atoms with E-state index in [-0.39, 0.29) is 5.70 Å². The number of hydrogen-bond donors (Lipinski definition) is 2. The Hall–Kier alpha value is -2.02. The van der Waals surface area contributed by atoms with Crippen molar-refractivity contribution in [3.8, 4) is 11.5 Å². The third-order valence-electron chi connectivity index (χ3n) is 2.57. The van der Waals surface area contributed by atoms with Crippen LogP contribution in [0.4, 0.5) is 4.79 Å². The third-order valence-corrected chi connectivity index (χ3v) is 3.16. The Morgan fingerprint density at radius 1 is 1.30 bits per heavy atom. The van der Waals surface area contributed by atoms with E-state index in [1.165, 1.54) is 0 Å². The minimum atomic E-state index is -0.529. The number of nitrogens with one attached hydrogen (secondary N) is 2. The molecular weight excluding hydrogens is 328 g/mol. The van der Waals surface area contributed by atoms with Gasteiger partial charge in [-0.15, -0.1) is 0 Å². The molecule has 3 amide bonds. The van der Waals surface area contributed by atoms with Crippen LogP contribution in [0.15, 0.2) is 22.3 Å². The molecule has 0 unspecified atom stereocenters. The van der Waals surface area contributed by atoms with E-state index in [0.717, 1.165) is 0 Å². The van der Waals surface area contributed by atoms with Gasteiger partial charge in [-0.05, 0) is 46.6 Å². The number of carbonyl (C=O) groups excluding carboxylic acids is 2. The average molecular weight is 341 g/mol. The standard InChI is InChI=1S/C13H13BrN2O4/c1-3-20-10-6-7(4-8(14)11(10)19-2)5-9-12(17)16-13(18)15-9/h4-6H,3H2,1-2H3,(H2,15,16,17,18)/b9-5+. The molecule has 0 spiro atoms. The first-order valence-electron chi connectivity index (χ1n) is 5.89. The van der Waals surface area contributed by atoms with Gasteiger partial charge in [-0.3, -0.25) is 10.1 Å². The smallest absolute Gasteiger partial charge is 0.326 e. The van der Waals surface area contributed by atoms with Crippen molar-refractivity contribution >= 4 is 33.9 Å². The second kappa shape index (κ2) is 5.96. The van der Waals surface area contributed by atoms with Crippen LogP contribution in [0.2, 0.25) is 0 Å². The first-order valence-corrected chi connectivity index (χ1v) is 6.68. The largest absolute Gasteiger partial charge is 0.492 e. The maximum absolute atomic E-state index is 11.5. The molecule has 1 fully saturated rings. The van der Waals surface area contributed by atoms with Crippen molar-refractivity contribution in [2.24, 2.45) is 0 Å². The molecule has 0 atom stereocenters. The molecule has 1 heterocycles. The van der Waals surface area contributed by atoms with Crippen LogP contribution < -0.4 is 20.1 Å². The monoisotopic (exact) mass is 340 g/mol. The van der Waals surface area contributed by atoms with Gasteiger partial charge in [0.25, 0.3) is 5.91 Å². The van der Waals surface area contributed by atoms with Crippen molar-refractivity contribution in [2.75, 3.05) is 13.7 Å². The van der Waals surface area contributed by atoms with Crippen LogP contribution in [0.5, 0.6) is 11.5 Å². The highest BCUT2D eigenvalue weighted by Crippen LogP contribution is 2.37. The zero-order valence-corrected chi connectivity index (χ0v) is 12.5. The van der Waals surface area contributed by atoms with Crippen LogP contribution in [0.1, 0.15) is 12.5 Å². The number of benzene rings is 1. The summed E-state index contributed by atoms with van der Waals surface area (Å²) >= 11 is 3.38. The Morgan fingerprint density at radius 3 is 2.60 bits per heavy atom. The summed E-state index contributed by atoms with van der Waals surface area (Å²) in [6, 6.07) is 2.98. The number of ether oxygens (including phenoxy) is 2. The second-order valence-electron chi connectivity index (χ2n) is 3.93. The highest BCUT2D eigenvalue weighted by atomic mass is 79.9. The molecule has 0 bridgehead atoms. The summed E-state index contributed by atoms with van der Waals surface area (Å²) in [7, 11) is 1.55. The third kappa shape index (κ3) is 2.93. The Kier molecular flexibility index (Phi) is 4.29. The highest BCUT2D eigenvalue weighted by Gasteiger charge is 2.23. The lowest BCUT2D eigenvalue weighted by Crippen LogP contribution is -2.22.